The number of rotatable bonds is 10. The molecule has 0 amide bonds. The normalized spacial score (nSPS) is 18.9. The van der Waals surface area contributed by atoms with Crippen molar-refractivity contribution in [2.45, 2.75) is 82.2 Å². The molecule has 1 N–H and O–H groups in total. The first-order valence-corrected chi connectivity index (χ1v) is 14.2. The van der Waals surface area contributed by atoms with Gasteiger partial charge in [0.2, 0.25) is 0 Å². The van der Waals surface area contributed by atoms with Crippen LogP contribution in [-0.4, -0.2) is 26.4 Å². The maximum Gasteiger partial charge on any atom is 0.357 e. The van der Waals surface area contributed by atoms with E-state index in [9.17, 15) is 4.57 Å². The largest absolute Gasteiger partial charge is 0.497 e. The molecule has 0 radical (unpaired) electrons. The minimum atomic E-state index is -3.67. The van der Waals surface area contributed by atoms with Gasteiger partial charge in [-0.05, 0) is 56.0 Å². The van der Waals surface area contributed by atoms with Crippen molar-refractivity contribution >= 4 is 13.3 Å². The van der Waals surface area contributed by atoms with Crippen molar-refractivity contribution in [3.8, 4) is 11.5 Å². The molecule has 34 heavy (non-hydrogen) atoms. The highest BCUT2D eigenvalue weighted by atomic mass is 31.2. The van der Waals surface area contributed by atoms with Gasteiger partial charge in [0.1, 0.15) is 11.5 Å². The second-order valence-corrected chi connectivity index (χ2v) is 11.3. The summed E-state index contributed by atoms with van der Waals surface area (Å²) in [4.78, 5) is 0. The van der Waals surface area contributed by atoms with Gasteiger partial charge in [-0.3, -0.25) is 4.57 Å². The molecule has 186 valence electrons. The first kappa shape index (κ1) is 25.1. The van der Waals surface area contributed by atoms with Crippen LogP contribution in [0.3, 0.4) is 0 Å². The minimum Gasteiger partial charge on any atom is -0.497 e. The average molecular weight is 488 g/mol. The van der Waals surface area contributed by atoms with E-state index in [1.807, 2.05) is 48.5 Å². The molecule has 1 unspecified atom stereocenters. The van der Waals surface area contributed by atoms with Crippen LogP contribution in [0.1, 0.15) is 75.6 Å². The first-order valence-electron chi connectivity index (χ1n) is 12.6. The maximum atomic E-state index is 14.9. The van der Waals surface area contributed by atoms with E-state index in [-0.39, 0.29) is 12.2 Å². The van der Waals surface area contributed by atoms with Crippen LogP contribution in [0.25, 0.3) is 0 Å². The van der Waals surface area contributed by atoms with Crippen LogP contribution in [0.15, 0.2) is 48.5 Å². The molecule has 2 aliphatic rings. The lowest BCUT2D eigenvalue weighted by Gasteiger charge is -2.36. The van der Waals surface area contributed by atoms with E-state index in [2.05, 4.69) is 5.32 Å². The predicted molar refractivity (Wildman–Crippen MR) is 136 cm³/mol. The Labute approximate surface area is 203 Å². The molecule has 0 saturated heterocycles. The second kappa shape index (κ2) is 12.1. The van der Waals surface area contributed by atoms with Gasteiger partial charge in [0, 0.05) is 11.3 Å². The Kier molecular flexibility index (Phi) is 8.93. The zero-order chi connectivity index (χ0) is 23.8. The van der Waals surface area contributed by atoms with Gasteiger partial charge >= 0.3 is 7.60 Å². The fourth-order valence-electron chi connectivity index (χ4n) is 4.98. The fourth-order valence-corrected chi connectivity index (χ4v) is 7.37. The van der Waals surface area contributed by atoms with Gasteiger partial charge in [0.15, 0.2) is 5.78 Å². The molecule has 2 fully saturated rings. The standard InChI is InChI=1S/C27H38NO5P/c1-30-24-18-19-26(31-2)25(20-24)27(28-21-12-6-3-7-13-21)34(29,32-22-14-8-4-9-15-22)33-23-16-10-5-11-17-23/h3,6-7,12-13,18-20,22-23,27-28H,4-5,8-11,14-17H2,1-2H3. The van der Waals surface area contributed by atoms with E-state index in [4.69, 9.17) is 18.5 Å². The lowest BCUT2D eigenvalue weighted by atomic mass is 9.98. The Morgan fingerprint density at radius 3 is 1.91 bits per heavy atom. The average Bonchev–Trinajstić information content (AvgIpc) is 2.88. The van der Waals surface area contributed by atoms with Gasteiger partial charge in [0.05, 0.1) is 26.4 Å². The summed E-state index contributed by atoms with van der Waals surface area (Å²) in [5.74, 6) is 0.551. The number of benzene rings is 2. The van der Waals surface area contributed by atoms with E-state index in [0.717, 1.165) is 57.1 Å². The van der Waals surface area contributed by atoms with Crippen LogP contribution in [-0.2, 0) is 13.6 Å². The number of para-hydroxylation sites is 1. The molecule has 0 spiro atoms. The Balaban J connectivity index is 1.76. The maximum absolute atomic E-state index is 14.9. The number of nitrogens with one attached hydrogen (secondary N) is 1. The Morgan fingerprint density at radius 1 is 0.794 bits per heavy atom. The van der Waals surface area contributed by atoms with Crippen molar-refractivity contribution in [3.05, 3.63) is 54.1 Å². The quantitative estimate of drug-likeness (QED) is 0.346. The molecule has 2 saturated carbocycles. The minimum absolute atomic E-state index is 0.0696. The lowest BCUT2D eigenvalue weighted by molar-refractivity contribution is 0.0757. The highest BCUT2D eigenvalue weighted by Gasteiger charge is 2.43. The van der Waals surface area contributed by atoms with Crippen molar-refractivity contribution in [2.75, 3.05) is 19.5 Å². The van der Waals surface area contributed by atoms with Crippen molar-refractivity contribution in [3.63, 3.8) is 0 Å². The van der Waals surface area contributed by atoms with Crippen LogP contribution < -0.4 is 14.8 Å². The van der Waals surface area contributed by atoms with Crippen molar-refractivity contribution in [1.82, 2.24) is 0 Å². The summed E-state index contributed by atoms with van der Waals surface area (Å²) in [5, 5.41) is 3.49. The molecule has 2 aliphatic carbocycles. The third-order valence-electron chi connectivity index (χ3n) is 6.82. The smallest absolute Gasteiger partial charge is 0.357 e. The zero-order valence-corrected chi connectivity index (χ0v) is 21.3. The van der Waals surface area contributed by atoms with Crippen LogP contribution in [0.4, 0.5) is 5.69 Å². The summed E-state index contributed by atoms with van der Waals surface area (Å²) in [6.07, 6.45) is 10.3. The molecule has 6 nitrogen and oxygen atoms in total. The van der Waals surface area contributed by atoms with Crippen LogP contribution in [0.2, 0.25) is 0 Å². The van der Waals surface area contributed by atoms with Crippen LogP contribution in [0, 0.1) is 0 Å². The molecule has 2 aromatic rings. The third-order valence-corrected chi connectivity index (χ3v) is 9.04. The molecule has 0 heterocycles. The topological polar surface area (TPSA) is 66.0 Å². The summed E-state index contributed by atoms with van der Waals surface area (Å²) in [6.45, 7) is 0. The molecule has 0 aromatic heterocycles. The highest BCUT2D eigenvalue weighted by molar-refractivity contribution is 7.54. The van der Waals surface area contributed by atoms with Crippen LogP contribution in [0.5, 0.6) is 11.5 Å². The van der Waals surface area contributed by atoms with Gasteiger partial charge < -0.3 is 23.8 Å². The summed E-state index contributed by atoms with van der Waals surface area (Å²) < 4.78 is 39.2. The van der Waals surface area contributed by atoms with E-state index in [1.54, 1.807) is 14.2 Å². The number of hydrogen-bond donors (Lipinski definition) is 1. The zero-order valence-electron chi connectivity index (χ0n) is 20.4. The number of methoxy groups -OCH3 is 2. The lowest BCUT2D eigenvalue weighted by Crippen LogP contribution is -2.25. The monoisotopic (exact) mass is 487 g/mol. The molecular weight excluding hydrogens is 449 g/mol. The van der Waals surface area contributed by atoms with Gasteiger partial charge in [0.25, 0.3) is 0 Å². The number of ether oxygens (including phenoxy) is 2. The second-order valence-electron chi connectivity index (χ2n) is 9.29. The summed E-state index contributed by atoms with van der Waals surface area (Å²) >= 11 is 0. The molecular formula is C27H38NO5P. The molecule has 1 atom stereocenters. The molecule has 0 bridgehead atoms. The molecule has 2 aromatic carbocycles. The summed E-state index contributed by atoms with van der Waals surface area (Å²) in [5.41, 5.74) is 1.55. The summed E-state index contributed by atoms with van der Waals surface area (Å²) in [7, 11) is -0.419. The Morgan fingerprint density at radius 2 is 1.38 bits per heavy atom. The van der Waals surface area contributed by atoms with Gasteiger partial charge in [-0.1, -0.05) is 56.7 Å². The van der Waals surface area contributed by atoms with E-state index in [1.165, 1.54) is 12.8 Å². The first-order chi connectivity index (χ1) is 16.6. The number of hydrogen-bond acceptors (Lipinski definition) is 6. The molecule has 0 aliphatic heterocycles. The van der Waals surface area contributed by atoms with E-state index >= 15 is 0 Å². The predicted octanol–water partition coefficient (Wildman–Crippen LogP) is 7.71. The van der Waals surface area contributed by atoms with Crippen molar-refractivity contribution < 1.29 is 23.1 Å². The molecule has 4 rings (SSSR count). The van der Waals surface area contributed by atoms with E-state index < -0.39 is 13.4 Å². The van der Waals surface area contributed by atoms with Gasteiger partial charge in [-0.25, -0.2) is 0 Å². The SMILES string of the molecule is COc1ccc(OC)c(C(Nc2ccccc2)P(=O)(OC2CCCCC2)OC2CCCCC2)c1. The third kappa shape index (κ3) is 6.35. The van der Waals surface area contributed by atoms with E-state index in [0.29, 0.717) is 17.1 Å². The van der Waals surface area contributed by atoms with Crippen LogP contribution >= 0.6 is 7.60 Å². The number of anilines is 1. The van der Waals surface area contributed by atoms with Gasteiger partial charge in [-0.2, -0.15) is 0 Å². The Bertz CT molecular complexity index is 917. The Hall–Kier alpha value is -2.01. The highest BCUT2D eigenvalue weighted by Crippen LogP contribution is 2.65. The summed E-state index contributed by atoms with van der Waals surface area (Å²) in [6, 6.07) is 15.4. The molecule has 7 heteroatoms. The van der Waals surface area contributed by atoms with Crippen molar-refractivity contribution in [2.24, 2.45) is 0 Å². The van der Waals surface area contributed by atoms with Gasteiger partial charge in [-0.15, -0.1) is 0 Å². The van der Waals surface area contributed by atoms with Crippen molar-refractivity contribution in [1.29, 1.82) is 0 Å². The fraction of sp³-hybridized carbons (Fsp3) is 0.556.